The number of carbonyl (C=O) groups excluding carboxylic acids is 3. The number of nitrogens with zero attached hydrogens (tertiary/aromatic N) is 3. The summed E-state index contributed by atoms with van der Waals surface area (Å²) in [5, 5.41) is 13.2. The van der Waals surface area contributed by atoms with Crippen LogP contribution in [0, 0.1) is 17.2 Å². The Morgan fingerprint density at radius 3 is 1.35 bits per heavy atom. The Hall–Kier alpha value is -11.4. The number of pyridine rings is 2. The first-order chi connectivity index (χ1) is 59.2. The number of hydrogen-bond donors (Lipinski definition) is 2. The Morgan fingerprint density at radius 1 is 0.500 bits per heavy atom. The van der Waals surface area contributed by atoms with Gasteiger partial charge in [-0.2, -0.15) is 11.0 Å². The predicted octanol–water partition coefficient (Wildman–Crippen LogP) is 18.2. The van der Waals surface area contributed by atoms with Gasteiger partial charge in [0.25, 0.3) is 5.91 Å². The van der Waals surface area contributed by atoms with Crippen molar-refractivity contribution in [3.63, 3.8) is 0 Å². The molecule has 1 fully saturated rings. The molecule has 1 aliphatic rings. The van der Waals surface area contributed by atoms with Crippen molar-refractivity contribution in [3.8, 4) is 44.8 Å². The van der Waals surface area contributed by atoms with E-state index in [1.807, 2.05) is 103 Å². The van der Waals surface area contributed by atoms with Crippen LogP contribution >= 0.6 is 33.7 Å². The molecule has 0 bridgehead atoms. The van der Waals surface area contributed by atoms with Crippen LogP contribution < -0.4 is 53.5 Å². The number of carbonyl (C=O) groups is 3. The molecule has 0 radical (unpaired) electrons. The smallest absolute Gasteiger partial charge is 0.398 e. The molecule has 0 saturated carbocycles. The molecule has 1 amide bonds. The van der Waals surface area contributed by atoms with Crippen molar-refractivity contribution < 1.29 is 76.3 Å². The average Bonchev–Trinajstić information content (AvgIpc) is 0.999. The first kappa shape index (κ1) is 94.4. The van der Waals surface area contributed by atoms with Crippen LogP contribution in [0.1, 0.15) is 76.2 Å². The maximum atomic E-state index is 12.6. The maximum Gasteiger partial charge on any atom is 1.00 e. The minimum absolute atomic E-state index is 0. The van der Waals surface area contributed by atoms with Gasteiger partial charge in [0.05, 0.1) is 30.5 Å². The average molecular weight is 1740 g/mol. The number of ketones is 2. The Labute approximate surface area is 743 Å². The number of hydroxylamine groups is 2. The Morgan fingerprint density at radius 2 is 0.877 bits per heavy atom. The van der Waals surface area contributed by atoms with Gasteiger partial charge >= 0.3 is 18.9 Å². The monoisotopic (exact) mass is 1730 g/mol. The molecule has 3 heterocycles. The number of amides is 1. The van der Waals surface area contributed by atoms with Gasteiger partial charge in [-0.3, -0.25) is 19.2 Å². The third-order valence-corrected chi connectivity index (χ3v) is 20.0. The van der Waals surface area contributed by atoms with Crippen molar-refractivity contribution in [2.24, 2.45) is 7.05 Å². The first-order valence-electron chi connectivity index (χ1n) is 39.7. The van der Waals surface area contributed by atoms with E-state index in [-0.39, 0.29) is 45.2 Å². The van der Waals surface area contributed by atoms with E-state index in [0.717, 1.165) is 62.3 Å². The van der Waals surface area contributed by atoms with Crippen LogP contribution in [0.3, 0.4) is 0 Å². The molecule has 4 N–H and O–H groups in total. The number of aryl methyl sites for hydroxylation is 1. The summed E-state index contributed by atoms with van der Waals surface area (Å²) >= 11 is 3.50. The van der Waals surface area contributed by atoms with Gasteiger partial charge < -0.3 is 23.1 Å². The largest absolute Gasteiger partial charge is 1.00 e. The molecule has 14 nitrogen and oxygen atoms in total. The fourth-order valence-corrected chi connectivity index (χ4v) is 13.7. The molecule has 0 aliphatic carbocycles. The number of halogens is 2. The van der Waals surface area contributed by atoms with Gasteiger partial charge in [0.15, 0.2) is 11.6 Å². The molecule has 614 valence electrons. The van der Waals surface area contributed by atoms with Crippen molar-refractivity contribution in [2.45, 2.75) is 39.5 Å². The van der Waals surface area contributed by atoms with Gasteiger partial charge in [-0.05, 0) is 140 Å². The summed E-state index contributed by atoms with van der Waals surface area (Å²) < 4.78 is 48.6. The summed E-state index contributed by atoms with van der Waals surface area (Å²) in [6, 6.07) is 124. The van der Waals surface area contributed by atoms with Crippen molar-refractivity contribution in [3.05, 3.63) is 404 Å². The SMILES string of the molecule is Brc1cccc2ccccc12.C1CCOC1.CC(=O)c1ccccc1.CON(C)C(=O)c1ccccc1N.C[n+]1c(-c2ccccc2)cc(-c2cccc3ccccc23)c2ccccc21.Nc1ccccc1C(=O)c1cccc2ccccc12.[2H]PP.[CH2-]CCC.[Li+].[O-][Cl+3]([O-])([O-])[O-].c1ccc(-c2cc(-c3cccc4ccccc34)c3ccccc3n2)cc1. The fraction of sp³-hybridized carbons (Fsp3) is 0.107. The van der Waals surface area contributed by atoms with Crippen LogP contribution in [0.15, 0.2) is 375 Å². The maximum absolute atomic E-state index is 12.6. The molecular formula is C103H98BrClLiN5O9P2. The van der Waals surface area contributed by atoms with Crippen molar-refractivity contribution in [1.82, 2.24) is 10.0 Å². The number of unbranched alkanes of at least 4 members (excludes halogenated alkanes) is 1. The molecule has 18 rings (SSSR count). The number of fused-ring (bicyclic) bond motifs is 6. The fourth-order valence-electron chi connectivity index (χ4n) is 13.2. The second kappa shape index (κ2) is 50.1. The van der Waals surface area contributed by atoms with Crippen LogP contribution in [0.4, 0.5) is 11.4 Å². The van der Waals surface area contributed by atoms with Crippen LogP contribution in [0.5, 0.6) is 0 Å². The molecule has 2 unspecified atom stereocenters. The Kier molecular flexibility index (Phi) is 38.8. The minimum atomic E-state index is -4.94. The van der Waals surface area contributed by atoms with Gasteiger partial charge in [-0.15, -0.1) is 28.0 Å². The number of nitrogens with two attached hydrogens (primary N) is 2. The Balaban J connectivity index is 0.000000181. The van der Waals surface area contributed by atoms with Crippen LogP contribution in [0.2, 0.25) is 0 Å². The summed E-state index contributed by atoms with van der Waals surface area (Å²) in [4.78, 5) is 44.4. The number of ether oxygens (including phenoxy) is 1. The number of hydrogen-bond acceptors (Lipinski definition) is 12. The molecule has 0 spiro atoms. The van der Waals surface area contributed by atoms with Crippen molar-refractivity contribution >= 4 is 127 Å². The van der Waals surface area contributed by atoms with Gasteiger partial charge in [0, 0.05) is 87.0 Å². The second-order valence-corrected chi connectivity index (χ2v) is 28.9. The molecular weight excluding hydrogens is 1640 g/mol. The molecule has 1 saturated heterocycles. The molecule has 19 heteroatoms. The molecule has 2 aromatic heterocycles. The number of nitrogen functional groups attached to an aromatic ring is 2. The molecule has 122 heavy (non-hydrogen) atoms. The van der Waals surface area contributed by atoms with Crippen LogP contribution in [-0.4, -0.2) is 56.2 Å². The topological polar surface area (TPSA) is 234 Å². The summed E-state index contributed by atoms with van der Waals surface area (Å²) in [7, 11) is 2.69. The summed E-state index contributed by atoms with van der Waals surface area (Å²) in [5.41, 5.74) is 26.8. The number of rotatable bonds is 10. The summed E-state index contributed by atoms with van der Waals surface area (Å²) in [5.74, 6) is -0.161. The van der Waals surface area contributed by atoms with E-state index in [2.05, 4.69) is 281 Å². The van der Waals surface area contributed by atoms with E-state index in [9.17, 15) is 14.4 Å². The number of aromatic nitrogens is 2. The van der Waals surface area contributed by atoms with E-state index in [1.165, 1.54) is 116 Å². The Bertz CT molecular complexity index is 6180. The van der Waals surface area contributed by atoms with Crippen molar-refractivity contribution in [2.75, 3.05) is 38.8 Å². The quantitative estimate of drug-likeness (QED) is 0.0247. The minimum Gasteiger partial charge on any atom is -0.398 e. The zero-order valence-corrected chi connectivity index (χ0v) is 73.7. The van der Waals surface area contributed by atoms with E-state index in [1.54, 1.807) is 43.3 Å². The summed E-state index contributed by atoms with van der Waals surface area (Å²) in [6.07, 6.45) is 4.83. The number of benzene rings is 15. The van der Waals surface area contributed by atoms with E-state index >= 15 is 0 Å². The van der Waals surface area contributed by atoms with Gasteiger partial charge in [-0.1, -0.05) is 327 Å². The third-order valence-electron chi connectivity index (χ3n) is 19.3. The second-order valence-electron chi connectivity index (χ2n) is 27.3. The standard InChI is InChI=1S/C26H20N.C25H17N.C17H13NO.C10H7Br.C9H12N2O2.C8H8O.C4H8O.C4H9.ClHO4.Li.H4P2/c1-27-25-17-8-7-15-23(25)24(18-26(27)20-11-3-2-4-12-20)22-16-9-13-19-10-5-6-14-21(19)22;1-2-10-19(11-3-1)25-17-23(22-14-6-7-16-24(22)26-25)21-15-8-12-18-9-4-5-13-20(18)21;18-16-11-4-3-9-15(16)17(19)14-10-5-7-12-6-1-2-8-13(12)14;11-10-7-3-5-8-4-1-2-6-9(8)10;1-11(13-2)9(12)7-5-3-4-6-8(7)10;1-7(9)8-5-3-2-4-6-8;1-2-4-5-3-1;1-3-4-2;2-1(3,4)5;;1-2/h2-18H,1H3;1-17H;1-11H,18H2;1-7H;3-6H,10H2,1-2H3;2-6H,1H3;1-4H2;1,3-4H2,2H3;(H,2,3,4,5);;1-2H2/q+1;;;;;;;-1;;+1;/p-1/i;;;;;;;;;;1D. The third kappa shape index (κ3) is 27.8. The van der Waals surface area contributed by atoms with Crippen LogP contribution in [0.25, 0.3) is 110 Å². The predicted molar refractivity (Wildman–Crippen MR) is 500 cm³/mol. The molecule has 17 aromatic rings. The number of anilines is 2. The van der Waals surface area contributed by atoms with Gasteiger partial charge in [-0.25, -0.2) is 28.7 Å². The van der Waals surface area contributed by atoms with E-state index in [4.69, 9.17) is 45.9 Å². The zero-order valence-electron chi connectivity index (χ0n) is 70.2. The van der Waals surface area contributed by atoms with Gasteiger partial charge in [0.2, 0.25) is 11.2 Å². The molecule has 2 atom stereocenters. The number of para-hydroxylation sites is 4. The summed E-state index contributed by atoms with van der Waals surface area (Å²) in [6.45, 7) is 9.29. The molecule has 15 aromatic carbocycles. The normalized spacial score (nSPS) is 11.1. The van der Waals surface area contributed by atoms with Crippen LogP contribution in [-0.2, 0) is 16.6 Å². The van der Waals surface area contributed by atoms with E-state index in [0.29, 0.717) is 28.1 Å². The molecule has 1 aliphatic heterocycles. The zero-order chi connectivity index (χ0) is 87.2. The van der Waals surface area contributed by atoms with Crippen molar-refractivity contribution in [1.29, 1.82) is 1.28 Å². The van der Waals surface area contributed by atoms with E-state index < -0.39 is 10.2 Å². The van der Waals surface area contributed by atoms with Gasteiger partial charge in [0.1, 0.15) is 7.05 Å². The number of Topliss-reactive ketones (excluding diaryl/α,β-unsaturated/α-hetero) is 1. The first-order valence-corrected chi connectivity index (χ1v) is 43.5.